The molecule has 1 heterocycles. The molecule has 2 N–H and O–H groups in total. The molecular formula is C7H13N3OS. The van der Waals surface area contributed by atoms with Crippen LogP contribution in [0.15, 0.2) is 9.64 Å². The lowest BCUT2D eigenvalue weighted by molar-refractivity contribution is 0.349. The zero-order valence-electron chi connectivity index (χ0n) is 7.44. The second-order valence-corrected chi connectivity index (χ2v) is 3.64. The van der Waals surface area contributed by atoms with E-state index in [0.717, 1.165) is 0 Å². The van der Waals surface area contributed by atoms with Gasteiger partial charge in [-0.3, -0.25) is 0 Å². The van der Waals surface area contributed by atoms with E-state index in [1.165, 1.54) is 11.8 Å². The number of nitrogens with two attached hydrogens (primary N) is 1. The largest absolute Gasteiger partial charge is 0.414 e. The molecule has 0 aliphatic rings. The van der Waals surface area contributed by atoms with Crippen LogP contribution in [-0.2, 0) is 0 Å². The highest BCUT2D eigenvalue weighted by Crippen LogP contribution is 2.20. The summed E-state index contributed by atoms with van der Waals surface area (Å²) in [4.78, 5) is 0. The zero-order chi connectivity index (χ0) is 9.14. The van der Waals surface area contributed by atoms with Crippen molar-refractivity contribution in [1.82, 2.24) is 10.2 Å². The highest BCUT2D eigenvalue weighted by molar-refractivity contribution is 7.98. The van der Waals surface area contributed by atoms with Gasteiger partial charge in [0.1, 0.15) is 0 Å². The highest BCUT2D eigenvalue weighted by atomic mass is 32.2. The number of thioether (sulfide) groups is 1. The van der Waals surface area contributed by atoms with Crippen LogP contribution >= 0.6 is 11.8 Å². The average Bonchev–Trinajstić information content (AvgIpc) is 2.50. The van der Waals surface area contributed by atoms with E-state index in [4.69, 9.17) is 10.2 Å². The molecule has 0 radical (unpaired) electrons. The van der Waals surface area contributed by atoms with Crippen molar-refractivity contribution < 1.29 is 4.42 Å². The smallest absolute Gasteiger partial charge is 0.276 e. The molecule has 0 aliphatic heterocycles. The Morgan fingerprint density at radius 1 is 1.42 bits per heavy atom. The van der Waals surface area contributed by atoms with Gasteiger partial charge in [0.15, 0.2) is 0 Å². The third-order valence-electron chi connectivity index (χ3n) is 1.60. The maximum absolute atomic E-state index is 5.80. The van der Waals surface area contributed by atoms with E-state index in [1.807, 2.05) is 20.1 Å². The Balaban J connectivity index is 2.74. The molecule has 0 aliphatic carbocycles. The minimum absolute atomic E-state index is 0.154. The summed E-state index contributed by atoms with van der Waals surface area (Å²) in [5.74, 6) is 0.842. The van der Waals surface area contributed by atoms with E-state index in [0.29, 0.717) is 17.0 Å². The van der Waals surface area contributed by atoms with Crippen molar-refractivity contribution in [2.24, 2.45) is 11.7 Å². The molecule has 68 valence electrons. The lowest BCUT2D eigenvalue weighted by atomic mass is 10.1. The molecule has 0 amide bonds. The van der Waals surface area contributed by atoms with E-state index >= 15 is 0 Å². The summed E-state index contributed by atoms with van der Waals surface area (Å²) in [6, 6.07) is -0.154. The second-order valence-electron chi connectivity index (χ2n) is 2.88. The van der Waals surface area contributed by atoms with E-state index < -0.39 is 0 Å². The lowest BCUT2D eigenvalue weighted by Crippen LogP contribution is -2.16. The SMILES string of the molecule is CSc1nnc(C(N)C(C)C)o1. The molecule has 1 aromatic rings. The summed E-state index contributed by atoms with van der Waals surface area (Å²) in [5.41, 5.74) is 5.80. The molecule has 0 saturated heterocycles. The fraction of sp³-hybridized carbons (Fsp3) is 0.714. The van der Waals surface area contributed by atoms with Crippen LogP contribution in [0.5, 0.6) is 0 Å². The van der Waals surface area contributed by atoms with Crippen molar-refractivity contribution in [3.63, 3.8) is 0 Å². The van der Waals surface area contributed by atoms with E-state index in [-0.39, 0.29) is 6.04 Å². The van der Waals surface area contributed by atoms with Gasteiger partial charge < -0.3 is 10.2 Å². The van der Waals surface area contributed by atoms with Gasteiger partial charge in [-0.25, -0.2) is 0 Å². The van der Waals surface area contributed by atoms with E-state index in [1.54, 1.807) is 0 Å². The molecule has 0 aromatic carbocycles. The number of hydrogen-bond acceptors (Lipinski definition) is 5. The fourth-order valence-electron chi connectivity index (χ4n) is 0.723. The fourth-order valence-corrected chi connectivity index (χ4v) is 1.01. The summed E-state index contributed by atoms with van der Waals surface area (Å²) in [6.45, 7) is 4.04. The molecule has 0 spiro atoms. The predicted octanol–water partition coefficient (Wildman–Crippen LogP) is 1.45. The summed E-state index contributed by atoms with van der Waals surface area (Å²) < 4.78 is 5.27. The molecule has 0 saturated carbocycles. The Hall–Kier alpha value is -0.550. The topological polar surface area (TPSA) is 64.9 Å². The number of hydrogen-bond donors (Lipinski definition) is 1. The van der Waals surface area contributed by atoms with Crippen LogP contribution in [0.3, 0.4) is 0 Å². The zero-order valence-corrected chi connectivity index (χ0v) is 8.26. The van der Waals surface area contributed by atoms with Crippen molar-refractivity contribution in [2.75, 3.05) is 6.26 Å². The van der Waals surface area contributed by atoms with Gasteiger partial charge in [-0.1, -0.05) is 25.6 Å². The normalized spacial score (nSPS) is 13.8. The molecular weight excluding hydrogens is 174 g/mol. The van der Waals surface area contributed by atoms with Gasteiger partial charge in [0.05, 0.1) is 6.04 Å². The van der Waals surface area contributed by atoms with Gasteiger partial charge in [-0.15, -0.1) is 10.2 Å². The first kappa shape index (κ1) is 9.54. The number of aromatic nitrogens is 2. The molecule has 4 nitrogen and oxygen atoms in total. The van der Waals surface area contributed by atoms with Crippen LogP contribution in [0.1, 0.15) is 25.8 Å². The van der Waals surface area contributed by atoms with E-state index in [9.17, 15) is 0 Å². The Kier molecular flexibility index (Phi) is 3.11. The minimum Gasteiger partial charge on any atom is -0.414 e. The van der Waals surface area contributed by atoms with Crippen LogP contribution in [0.4, 0.5) is 0 Å². The summed E-state index contributed by atoms with van der Waals surface area (Å²) in [5, 5.41) is 8.22. The molecule has 1 unspecified atom stereocenters. The maximum Gasteiger partial charge on any atom is 0.276 e. The van der Waals surface area contributed by atoms with Gasteiger partial charge in [-0.05, 0) is 12.2 Å². The maximum atomic E-state index is 5.80. The third kappa shape index (κ3) is 1.98. The Morgan fingerprint density at radius 3 is 2.50 bits per heavy atom. The molecule has 0 bridgehead atoms. The Bertz CT molecular complexity index is 249. The van der Waals surface area contributed by atoms with Crippen molar-refractivity contribution in [2.45, 2.75) is 25.1 Å². The number of nitrogens with zero attached hydrogens (tertiary/aromatic N) is 2. The molecule has 1 aromatic heterocycles. The van der Waals surface area contributed by atoms with Gasteiger partial charge in [-0.2, -0.15) is 0 Å². The average molecular weight is 187 g/mol. The lowest BCUT2D eigenvalue weighted by Gasteiger charge is -2.09. The number of rotatable bonds is 3. The van der Waals surface area contributed by atoms with Crippen LogP contribution in [0.2, 0.25) is 0 Å². The van der Waals surface area contributed by atoms with E-state index in [2.05, 4.69) is 10.2 Å². The van der Waals surface area contributed by atoms with Crippen molar-refractivity contribution >= 4 is 11.8 Å². The summed E-state index contributed by atoms with van der Waals surface area (Å²) in [7, 11) is 0. The van der Waals surface area contributed by atoms with Gasteiger partial charge in [0.25, 0.3) is 5.22 Å². The van der Waals surface area contributed by atoms with Crippen LogP contribution < -0.4 is 5.73 Å². The first-order chi connectivity index (χ1) is 5.65. The van der Waals surface area contributed by atoms with Crippen LogP contribution in [0.25, 0.3) is 0 Å². The van der Waals surface area contributed by atoms with Crippen molar-refractivity contribution in [1.29, 1.82) is 0 Å². The van der Waals surface area contributed by atoms with Crippen molar-refractivity contribution in [3.05, 3.63) is 5.89 Å². The highest BCUT2D eigenvalue weighted by Gasteiger charge is 2.16. The first-order valence-corrected chi connectivity index (χ1v) is 5.00. The van der Waals surface area contributed by atoms with Crippen LogP contribution in [0, 0.1) is 5.92 Å². The molecule has 5 heteroatoms. The summed E-state index contributed by atoms with van der Waals surface area (Å²) >= 11 is 1.42. The van der Waals surface area contributed by atoms with Gasteiger partial charge in [0.2, 0.25) is 5.89 Å². The Labute approximate surface area is 75.9 Å². The van der Waals surface area contributed by atoms with Gasteiger partial charge in [0, 0.05) is 0 Å². The molecule has 1 atom stereocenters. The van der Waals surface area contributed by atoms with Crippen molar-refractivity contribution in [3.8, 4) is 0 Å². The molecule has 0 fully saturated rings. The minimum atomic E-state index is -0.154. The third-order valence-corrected chi connectivity index (χ3v) is 2.11. The standard InChI is InChI=1S/C7H13N3OS/c1-4(2)5(8)6-9-10-7(11-6)12-3/h4-5H,8H2,1-3H3. The van der Waals surface area contributed by atoms with Gasteiger partial charge >= 0.3 is 0 Å². The Morgan fingerprint density at radius 2 is 2.08 bits per heavy atom. The molecule has 1 rings (SSSR count). The first-order valence-electron chi connectivity index (χ1n) is 3.78. The quantitative estimate of drug-likeness (QED) is 0.725. The second kappa shape index (κ2) is 3.91. The summed E-state index contributed by atoms with van der Waals surface area (Å²) in [6.07, 6.45) is 1.89. The molecule has 12 heavy (non-hydrogen) atoms. The van der Waals surface area contributed by atoms with Crippen LogP contribution in [-0.4, -0.2) is 16.5 Å². The monoisotopic (exact) mass is 187 g/mol. The predicted molar refractivity (Wildman–Crippen MR) is 47.8 cm³/mol.